The van der Waals surface area contributed by atoms with E-state index in [1.54, 1.807) is 24.3 Å². The summed E-state index contributed by atoms with van der Waals surface area (Å²) in [5.74, 6) is -3.83. The van der Waals surface area contributed by atoms with Crippen molar-refractivity contribution < 1.29 is 24.2 Å². The number of aryl methyl sites for hydroxylation is 2. The van der Waals surface area contributed by atoms with Gasteiger partial charge in [-0.3, -0.25) is 14.4 Å². The molecule has 1 aliphatic rings. The molecule has 3 N–H and O–H groups in total. The summed E-state index contributed by atoms with van der Waals surface area (Å²) in [7, 11) is 0. The number of para-hydroxylation sites is 2. The van der Waals surface area contributed by atoms with Gasteiger partial charge in [0.2, 0.25) is 11.8 Å². The van der Waals surface area contributed by atoms with Gasteiger partial charge in [-0.15, -0.1) is 0 Å². The van der Waals surface area contributed by atoms with Crippen LogP contribution in [0, 0.1) is 11.8 Å². The first-order valence-electron chi connectivity index (χ1n) is 15.5. The van der Waals surface area contributed by atoms with Crippen LogP contribution in [0.3, 0.4) is 0 Å². The molecule has 2 amide bonds. The fourth-order valence-electron chi connectivity index (χ4n) is 6.14. The zero-order valence-electron chi connectivity index (χ0n) is 25.7. The molecule has 1 aliphatic carbocycles. The van der Waals surface area contributed by atoms with Crippen molar-refractivity contribution in [1.82, 2.24) is 0 Å². The fourth-order valence-corrected chi connectivity index (χ4v) is 6.14. The van der Waals surface area contributed by atoms with Crippen LogP contribution in [0.1, 0.15) is 76.0 Å². The number of aliphatic hydroxyl groups is 1. The van der Waals surface area contributed by atoms with Crippen LogP contribution in [0.15, 0.2) is 72.8 Å². The van der Waals surface area contributed by atoms with Crippen molar-refractivity contribution in [3.8, 4) is 5.75 Å². The highest BCUT2D eigenvalue weighted by atomic mass is 16.5. The van der Waals surface area contributed by atoms with Crippen molar-refractivity contribution in [3.05, 3.63) is 89.5 Å². The molecule has 0 aromatic heterocycles. The number of ketones is 1. The third-order valence-electron chi connectivity index (χ3n) is 8.43. The van der Waals surface area contributed by atoms with Gasteiger partial charge in [0.15, 0.2) is 0 Å². The highest BCUT2D eigenvalue weighted by Gasteiger charge is 2.56. The van der Waals surface area contributed by atoms with Gasteiger partial charge in [-0.25, -0.2) is 0 Å². The predicted octanol–water partition coefficient (Wildman–Crippen LogP) is 6.70. The first kappa shape index (κ1) is 32.0. The van der Waals surface area contributed by atoms with E-state index in [4.69, 9.17) is 4.74 Å². The minimum atomic E-state index is -1.68. The second kappa shape index (κ2) is 14.5. The standard InChI is InChI=1S/C36H44N2O5/c1-5-8-13-22-43-27-20-18-26(19-21-27)31-32(34(40)37-28-16-11-9-14-24(28)6-2)30(39)23-36(4,42)33(31)35(41)38-29-17-12-10-15-25(29)7-3/h9-12,14-21,31-33,42H,5-8,13,22-23H2,1-4H3,(H,37,40)(H,38,41). The highest BCUT2D eigenvalue weighted by Crippen LogP contribution is 2.47. The summed E-state index contributed by atoms with van der Waals surface area (Å²) in [6.07, 6.45) is 4.21. The molecule has 4 atom stereocenters. The van der Waals surface area contributed by atoms with Gasteiger partial charge < -0.3 is 20.5 Å². The van der Waals surface area contributed by atoms with E-state index < -0.39 is 41.0 Å². The number of hydrogen-bond donors (Lipinski definition) is 3. The minimum Gasteiger partial charge on any atom is -0.494 e. The van der Waals surface area contributed by atoms with Gasteiger partial charge in [0, 0.05) is 23.7 Å². The minimum absolute atomic E-state index is 0.316. The van der Waals surface area contributed by atoms with E-state index in [9.17, 15) is 19.5 Å². The number of carbonyl (C=O) groups excluding carboxylic acids is 3. The molecule has 43 heavy (non-hydrogen) atoms. The first-order chi connectivity index (χ1) is 20.7. The van der Waals surface area contributed by atoms with Gasteiger partial charge in [0.25, 0.3) is 0 Å². The molecule has 7 heteroatoms. The van der Waals surface area contributed by atoms with Crippen molar-refractivity contribution in [2.24, 2.45) is 11.8 Å². The maximum absolute atomic E-state index is 14.1. The van der Waals surface area contributed by atoms with Crippen LogP contribution < -0.4 is 15.4 Å². The maximum atomic E-state index is 14.1. The fraction of sp³-hybridized carbons (Fsp3) is 0.417. The molecule has 0 bridgehead atoms. The summed E-state index contributed by atoms with van der Waals surface area (Å²) in [6, 6.07) is 22.2. The number of ether oxygens (including phenoxy) is 1. The van der Waals surface area contributed by atoms with Crippen molar-refractivity contribution in [1.29, 1.82) is 0 Å². The Balaban J connectivity index is 1.74. The van der Waals surface area contributed by atoms with Gasteiger partial charge in [0.1, 0.15) is 17.5 Å². The molecule has 4 rings (SSSR count). The molecule has 3 aromatic rings. The van der Waals surface area contributed by atoms with Crippen LogP contribution in [0.2, 0.25) is 0 Å². The molecule has 0 radical (unpaired) electrons. The Kier molecular flexibility index (Phi) is 10.8. The quantitative estimate of drug-likeness (QED) is 0.162. The number of hydrogen-bond acceptors (Lipinski definition) is 5. The van der Waals surface area contributed by atoms with Gasteiger partial charge in [-0.05, 0) is 67.1 Å². The molecular formula is C36H44N2O5. The Hall–Kier alpha value is -3.97. The van der Waals surface area contributed by atoms with E-state index >= 15 is 0 Å². The molecule has 1 fully saturated rings. The number of benzene rings is 3. The third-order valence-corrected chi connectivity index (χ3v) is 8.43. The number of Topliss-reactive ketones (excluding diaryl/α,β-unsaturated/α-hetero) is 1. The Labute approximate surface area is 255 Å². The summed E-state index contributed by atoms with van der Waals surface area (Å²) >= 11 is 0. The van der Waals surface area contributed by atoms with Crippen molar-refractivity contribution >= 4 is 29.0 Å². The summed E-state index contributed by atoms with van der Waals surface area (Å²) in [6.45, 7) is 8.24. The lowest BCUT2D eigenvalue weighted by Gasteiger charge is -2.44. The van der Waals surface area contributed by atoms with Gasteiger partial charge in [0.05, 0.1) is 18.1 Å². The van der Waals surface area contributed by atoms with Crippen molar-refractivity contribution in [2.75, 3.05) is 17.2 Å². The number of carbonyl (C=O) groups is 3. The molecule has 0 heterocycles. The molecule has 1 saturated carbocycles. The second-order valence-corrected chi connectivity index (χ2v) is 11.6. The van der Waals surface area contributed by atoms with Crippen LogP contribution in [-0.4, -0.2) is 34.9 Å². The Morgan fingerprint density at radius 1 is 0.837 bits per heavy atom. The zero-order valence-corrected chi connectivity index (χ0v) is 25.7. The van der Waals surface area contributed by atoms with Gasteiger partial charge in [-0.2, -0.15) is 0 Å². The van der Waals surface area contributed by atoms with E-state index in [2.05, 4.69) is 17.6 Å². The smallest absolute Gasteiger partial charge is 0.235 e. The van der Waals surface area contributed by atoms with Crippen LogP contribution >= 0.6 is 0 Å². The third kappa shape index (κ3) is 7.52. The molecule has 0 aliphatic heterocycles. The summed E-state index contributed by atoms with van der Waals surface area (Å²) in [5, 5.41) is 17.6. The number of rotatable bonds is 12. The van der Waals surface area contributed by atoms with Crippen molar-refractivity contribution in [2.45, 2.75) is 77.7 Å². The van der Waals surface area contributed by atoms with Crippen LogP contribution in [0.5, 0.6) is 5.75 Å². The topological polar surface area (TPSA) is 105 Å². The van der Waals surface area contributed by atoms with E-state index in [1.165, 1.54) is 6.92 Å². The van der Waals surface area contributed by atoms with Gasteiger partial charge in [-0.1, -0.05) is 82.1 Å². The number of amides is 2. The van der Waals surface area contributed by atoms with E-state index in [1.807, 2.05) is 62.4 Å². The van der Waals surface area contributed by atoms with Gasteiger partial charge >= 0.3 is 0 Å². The van der Waals surface area contributed by atoms with Crippen LogP contribution in [0.25, 0.3) is 0 Å². The monoisotopic (exact) mass is 584 g/mol. The number of nitrogens with one attached hydrogen (secondary N) is 2. The molecule has 0 saturated heterocycles. The van der Waals surface area contributed by atoms with Crippen LogP contribution in [0.4, 0.5) is 11.4 Å². The van der Waals surface area contributed by atoms with E-state index in [0.717, 1.165) is 30.4 Å². The lowest BCUT2D eigenvalue weighted by molar-refractivity contribution is -0.150. The Morgan fingerprint density at radius 3 is 1.95 bits per heavy atom. The zero-order chi connectivity index (χ0) is 31.0. The Morgan fingerprint density at radius 2 is 1.40 bits per heavy atom. The van der Waals surface area contributed by atoms with Crippen molar-refractivity contribution in [3.63, 3.8) is 0 Å². The molecule has 4 unspecified atom stereocenters. The molecule has 228 valence electrons. The summed E-state index contributed by atoms with van der Waals surface area (Å²) in [5.41, 5.74) is 2.11. The Bertz CT molecular complexity index is 1420. The highest BCUT2D eigenvalue weighted by molar-refractivity contribution is 6.10. The number of anilines is 2. The average Bonchev–Trinajstić information content (AvgIpc) is 2.99. The largest absolute Gasteiger partial charge is 0.494 e. The number of unbranched alkanes of at least 4 members (excludes halogenated alkanes) is 2. The molecule has 3 aromatic carbocycles. The van der Waals surface area contributed by atoms with Crippen LogP contribution in [-0.2, 0) is 27.2 Å². The molecular weight excluding hydrogens is 540 g/mol. The molecule has 0 spiro atoms. The van der Waals surface area contributed by atoms with E-state index in [-0.39, 0.29) is 6.42 Å². The lowest BCUT2D eigenvalue weighted by Crippen LogP contribution is -2.56. The average molecular weight is 585 g/mol. The second-order valence-electron chi connectivity index (χ2n) is 11.6. The molecule has 7 nitrogen and oxygen atoms in total. The first-order valence-corrected chi connectivity index (χ1v) is 15.5. The SMILES string of the molecule is CCCCCOc1ccc(C2C(C(=O)Nc3ccccc3CC)C(=O)CC(C)(O)C2C(=O)Nc2ccccc2CC)cc1. The predicted molar refractivity (Wildman–Crippen MR) is 170 cm³/mol. The lowest BCUT2D eigenvalue weighted by atomic mass is 9.61. The summed E-state index contributed by atoms with van der Waals surface area (Å²) in [4.78, 5) is 41.8. The summed E-state index contributed by atoms with van der Waals surface area (Å²) < 4.78 is 5.90. The normalized spacial score (nSPS) is 21.7. The maximum Gasteiger partial charge on any atom is 0.235 e. The van der Waals surface area contributed by atoms with E-state index in [0.29, 0.717) is 42.1 Å².